The van der Waals surface area contributed by atoms with Crippen LogP contribution < -0.4 is 15.4 Å². The molecular weight excluding hydrogens is 426 g/mol. The summed E-state index contributed by atoms with van der Waals surface area (Å²) in [6, 6.07) is 6.56. The monoisotopic (exact) mass is 451 g/mol. The van der Waals surface area contributed by atoms with Gasteiger partial charge in [-0.2, -0.15) is 4.31 Å². The van der Waals surface area contributed by atoms with E-state index in [0.29, 0.717) is 13.2 Å². The molecule has 0 spiro atoms. The Morgan fingerprint density at radius 2 is 1.97 bits per heavy atom. The number of nitrogens with one attached hydrogen (secondary N) is 2. The average Bonchev–Trinajstić information content (AvgIpc) is 3.30. The second-order valence-electron chi connectivity index (χ2n) is 6.77. The van der Waals surface area contributed by atoms with Gasteiger partial charge in [0.25, 0.3) is 5.91 Å². The number of ether oxygens (including phenoxy) is 2. The Kier molecular flexibility index (Phi) is 7.31. The van der Waals surface area contributed by atoms with E-state index < -0.39 is 27.9 Å². The summed E-state index contributed by atoms with van der Waals surface area (Å²) in [6.07, 6.45) is 1.36. The third-order valence-electron chi connectivity index (χ3n) is 4.58. The zero-order valence-corrected chi connectivity index (χ0v) is 18.1. The molecule has 0 bridgehead atoms. The van der Waals surface area contributed by atoms with Gasteiger partial charge in [-0.15, -0.1) is 0 Å². The molecule has 1 saturated heterocycles. The minimum Gasteiger partial charge on any atom is -0.492 e. The number of hydrogen-bond donors (Lipinski definition) is 2. The molecule has 0 saturated carbocycles. The molecule has 168 valence electrons. The SMILES string of the molecule is CCOc1ccc(NC(=O)[C@@H](C)NC(=O)c2ccco2)cc1S(=O)(=O)N1CCOCC1. The average molecular weight is 452 g/mol. The van der Waals surface area contributed by atoms with Crippen LogP contribution in [0.5, 0.6) is 5.75 Å². The predicted octanol–water partition coefficient (Wildman–Crippen LogP) is 1.46. The Hall–Kier alpha value is -2.89. The number of nitrogens with zero attached hydrogens (tertiary/aromatic N) is 1. The van der Waals surface area contributed by atoms with E-state index in [1.807, 2.05) is 0 Å². The normalized spacial score (nSPS) is 15.8. The lowest BCUT2D eigenvalue weighted by Gasteiger charge is -2.27. The van der Waals surface area contributed by atoms with Crippen molar-refractivity contribution in [3.8, 4) is 5.75 Å². The summed E-state index contributed by atoms with van der Waals surface area (Å²) < 4.78 is 43.3. The molecule has 3 rings (SSSR count). The highest BCUT2D eigenvalue weighted by atomic mass is 32.2. The number of carbonyl (C=O) groups is 2. The van der Waals surface area contributed by atoms with Crippen LogP contribution in [0.1, 0.15) is 24.4 Å². The topological polar surface area (TPSA) is 127 Å². The Bertz CT molecular complexity index is 1020. The van der Waals surface area contributed by atoms with Crippen molar-refractivity contribution in [2.24, 2.45) is 0 Å². The van der Waals surface area contributed by atoms with Gasteiger partial charge in [0.15, 0.2) is 5.76 Å². The molecule has 0 unspecified atom stereocenters. The number of furan rings is 1. The molecule has 2 N–H and O–H groups in total. The maximum Gasteiger partial charge on any atom is 0.287 e. The van der Waals surface area contributed by atoms with E-state index in [2.05, 4.69) is 10.6 Å². The first-order valence-electron chi connectivity index (χ1n) is 9.83. The highest BCUT2D eigenvalue weighted by Crippen LogP contribution is 2.30. The minimum atomic E-state index is -3.85. The van der Waals surface area contributed by atoms with Gasteiger partial charge in [0.05, 0.1) is 26.1 Å². The molecule has 10 nitrogen and oxygen atoms in total. The fourth-order valence-corrected chi connectivity index (χ4v) is 4.54. The quantitative estimate of drug-likeness (QED) is 0.622. The Morgan fingerprint density at radius 1 is 1.23 bits per heavy atom. The molecule has 1 atom stereocenters. The minimum absolute atomic E-state index is 0.0404. The first kappa shape index (κ1) is 22.8. The molecule has 0 radical (unpaired) electrons. The number of carbonyl (C=O) groups excluding carboxylic acids is 2. The summed E-state index contributed by atoms with van der Waals surface area (Å²) in [5.41, 5.74) is 0.263. The molecule has 1 aromatic carbocycles. The van der Waals surface area contributed by atoms with Crippen LogP contribution >= 0.6 is 0 Å². The molecule has 2 amide bonds. The molecule has 2 aromatic rings. The van der Waals surface area contributed by atoms with E-state index in [0.717, 1.165) is 0 Å². The smallest absolute Gasteiger partial charge is 0.287 e. The molecule has 31 heavy (non-hydrogen) atoms. The predicted molar refractivity (Wildman–Crippen MR) is 111 cm³/mol. The highest BCUT2D eigenvalue weighted by molar-refractivity contribution is 7.89. The van der Waals surface area contributed by atoms with Crippen LogP contribution in [0.15, 0.2) is 45.9 Å². The maximum atomic E-state index is 13.1. The third kappa shape index (κ3) is 5.43. The van der Waals surface area contributed by atoms with Crippen molar-refractivity contribution in [1.29, 1.82) is 0 Å². The third-order valence-corrected chi connectivity index (χ3v) is 6.50. The van der Waals surface area contributed by atoms with Crippen LogP contribution in [0.3, 0.4) is 0 Å². The molecule has 1 aliphatic heterocycles. The molecule has 0 aliphatic carbocycles. The number of amides is 2. The van der Waals surface area contributed by atoms with Crippen molar-refractivity contribution in [3.63, 3.8) is 0 Å². The van der Waals surface area contributed by atoms with E-state index in [9.17, 15) is 18.0 Å². The van der Waals surface area contributed by atoms with Gasteiger partial charge in [0, 0.05) is 18.8 Å². The van der Waals surface area contributed by atoms with Gasteiger partial charge in [-0.05, 0) is 44.2 Å². The highest BCUT2D eigenvalue weighted by Gasteiger charge is 2.30. The van der Waals surface area contributed by atoms with Gasteiger partial charge < -0.3 is 24.5 Å². The lowest BCUT2D eigenvalue weighted by atomic mass is 10.2. The maximum absolute atomic E-state index is 13.1. The Labute approximate surface area is 180 Å². The fraction of sp³-hybridized carbons (Fsp3) is 0.400. The summed E-state index contributed by atoms with van der Waals surface area (Å²) in [5.74, 6) is -0.764. The summed E-state index contributed by atoms with van der Waals surface area (Å²) in [5, 5.41) is 5.15. The van der Waals surface area contributed by atoms with E-state index in [-0.39, 0.29) is 41.8 Å². The molecule has 1 fully saturated rings. The number of benzene rings is 1. The zero-order valence-electron chi connectivity index (χ0n) is 17.3. The standard InChI is InChI=1S/C20H25N3O7S/c1-3-29-16-7-6-15(13-18(16)31(26,27)23-8-11-28-12-9-23)22-19(24)14(2)21-20(25)17-5-4-10-30-17/h4-7,10,13-14H,3,8-9,11-12H2,1-2H3,(H,21,25)(H,22,24)/t14-/m1/s1. The van der Waals surface area contributed by atoms with Crippen LogP contribution in [0.25, 0.3) is 0 Å². The van der Waals surface area contributed by atoms with Crippen molar-refractivity contribution in [2.45, 2.75) is 24.8 Å². The summed E-state index contributed by atoms with van der Waals surface area (Å²) in [7, 11) is -3.85. The van der Waals surface area contributed by atoms with E-state index >= 15 is 0 Å². The van der Waals surface area contributed by atoms with Gasteiger partial charge in [-0.3, -0.25) is 9.59 Å². The van der Waals surface area contributed by atoms with Crippen molar-refractivity contribution in [2.75, 3.05) is 38.2 Å². The van der Waals surface area contributed by atoms with Crippen LogP contribution in [0.2, 0.25) is 0 Å². The summed E-state index contributed by atoms with van der Waals surface area (Å²) in [4.78, 5) is 24.5. The summed E-state index contributed by atoms with van der Waals surface area (Å²) in [6.45, 7) is 4.65. The second kappa shape index (κ2) is 9.94. The summed E-state index contributed by atoms with van der Waals surface area (Å²) >= 11 is 0. The number of sulfonamides is 1. The number of hydrogen-bond acceptors (Lipinski definition) is 7. The molecular formula is C20H25N3O7S. The van der Waals surface area contributed by atoms with Crippen LogP contribution in [0.4, 0.5) is 5.69 Å². The van der Waals surface area contributed by atoms with E-state index in [4.69, 9.17) is 13.9 Å². The number of morpholine rings is 1. The van der Waals surface area contributed by atoms with Crippen LogP contribution in [-0.4, -0.2) is 63.5 Å². The van der Waals surface area contributed by atoms with Gasteiger partial charge in [0.1, 0.15) is 16.7 Å². The van der Waals surface area contributed by atoms with Crippen molar-refractivity contribution in [3.05, 3.63) is 42.4 Å². The molecule has 1 aromatic heterocycles. The molecule has 2 heterocycles. The molecule has 1 aliphatic rings. The largest absolute Gasteiger partial charge is 0.492 e. The van der Waals surface area contributed by atoms with Gasteiger partial charge in [-0.1, -0.05) is 0 Å². The number of rotatable bonds is 8. The van der Waals surface area contributed by atoms with Crippen LogP contribution in [-0.2, 0) is 19.6 Å². The van der Waals surface area contributed by atoms with Crippen LogP contribution in [0, 0.1) is 0 Å². The van der Waals surface area contributed by atoms with E-state index in [1.165, 1.54) is 35.7 Å². The van der Waals surface area contributed by atoms with E-state index in [1.54, 1.807) is 19.1 Å². The lowest BCUT2D eigenvalue weighted by Crippen LogP contribution is -2.41. The first-order chi connectivity index (χ1) is 14.8. The van der Waals surface area contributed by atoms with Gasteiger partial charge in [-0.25, -0.2) is 8.42 Å². The Balaban J connectivity index is 1.77. The van der Waals surface area contributed by atoms with Crippen molar-refractivity contribution >= 4 is 27.5 Å². The first-order valence-corrected chi connectivity index (χ1v) is 11.3. The zero-order chi connectivity index (χ0) is 22.4. The fourth-order valence-electron chi connectivity index (χ4n) is 2.98. The van der Waals surface area contributed by atoms with Gasteiger partial charge >= 0.3 is 0 Å². The lowest BCUT2D eigenvalue weighted by molar-refractivity contribution is -0.117. The van der Waals surface area contributed by atoms with Crippen molar-refractivity contribution in [1.82, 2.24) is 9.62 Å². The van der Waals surface area contributed by atoms with Gasteiger partial charge in [0.2, 0.25) is 15.9 Å². The van der Waals surface area contributed by atoms with Crippen molar-refractivity contribution < 1.29 is 31.9 Å². The second-order valence-corrected chi connectivity index (χ2v) is 8.68. The number of anilines is 1. The molecule has 11 heteroatoms. The Morgan fingerprint density at radius 3 is 2.61 bits per heavy atom.